The van der Waals surface area contributed by atoms with Crippen molar-refractivity contribution in [3.05, 3.63) is 89.5 Å². The van der Waals surface area contributed by atoms with Gasteiger partial charge in [-0.25, -0.2) is 4.79 Å². The van der Waals surface area contributed by atoms with Gasteiger partial charge in [-0.3, -0.25) is 5.32 Å². The second-order valence-corrected chi connectivity index (χ2v) is 6.69. The highest BCUT2D eigenvalue weighted by molar-refractivity contribution is 5.85. The zero-order valence-corrected chi connectivity index (χ0v) is 16.2. The topological polar surface area (TPSA) is 64.3 Å². The van der Waals surface area contributed by atoms with E-state index in [2.05, 4.69) is 29.6 Å². The van der Waals surface area contributed by atoms with Crippen LogP contribution in [0.5, 0.6) is 0 Å². The number of fused-ring (bicyclic) bond motifs is 3. The van der Waals surface area contributed by atoms with Crippen molar-refractivity contribution in [2.45, 2.75) is 12.3 Å². The van der Waals surface area contributed by atoms with Crippen LogP contribution in [0.15, 0.2) is 72.8 Å². The maximum Gasteiger partial charge on any atom is 0.411 e. The van der Waals surface area contributed by atoms with Crippen LogP contribution in [0.4, 0.5) is 10.5 Å². The van der Waals surface area contributed by atoms with E-state index in [4.69, 9.17) is 10.5 Å². The molecule has 28 heavy (non-hydrogen) atoms. The van der Waals surface area contributed by atoms with E-state index in [1.54, 1.807) is 0 Å². The first-order valence-electron chi connectivity index (χ1n) is 9.17. The molecule has 3 N–H and O–H groups in total. The predicted molar refractivity (Wildman–Crippen MR) is 115 cm³/mol. The Morgan fingerprint density at radius 1 is 0.893 bits per heavy atom. The maximum atomic E-state index is 12.3. The highest BCUT2D eigenvalue weighted by Gasteiger charge is 2.28. The first-order chi connectivity index (χ1) is 13.3. The van der Waals surface area contributed by atoms with Gasteiger partial charge in [0.15, 0.2) is 0 Å². The molecule has 1 aliphatic rings. The fourth-order valence-corrected chi connectivity index (χ4v) is 3.67. The van der Waals surface area contributed by atoms with Crippen LogP contribution in [0.3, 0.4) is 0 Å². The quantitative estimate of drug-likeness (QED) is 0.642. The average molecular weight is 395 g/mol. The van der Waals surface area contributed by atoms with Gasteiger partial charge in [-0.2, -0.15) is 0 Å². The number of nitrogens with one attached hydrogen (secondary N) is 1. The van der Waals surface area contributed by atoms with Gasteiger partial charge in [0.05, 0.1) is 0 Å². The summed E-state index contributed by atoms with van der Waals surface area (Å²) in [5.74, 6) is 0.0649. The van der Waals surface area contributed by atoms with Gasteiger partial charge >= 0.3 is 6.09 Å². The molecule has 3 aromatic carbocycles. The number of hydrogen-bond donors (Lipinski definition) is 2. The zero-order chi connectivity index (χ0) is 18.6. The number of carbonyl (C=O) groups is 1. The minimum atomic E-state index is -0.441. The van der Waals surface area contributed by atoms with Gasteiger partial charge in [0, 0.05) is 11.6 Å². The molecule has 0 radical (unpaired) electrons. The van der Waals surface area contributed by atoms with E-state index in [1.807, 2.05) is 48.5 Å². The van der Waals surface area contributed by atoms with Crippen molar-refractivity contribution in [1.82, 2.24) is 0 Å². The molecule has 3 aromatic rings. The summed E-state index contributed by atoms with van der Waals surface area (Å²) in [4.78, 5) is 12.3. The largest absolute Gasteiger partial charge is 0.448 e. The number of ether oxygens (including phenoxy) is 1. The SMILES string of the molecule is Cl.NCCc1ccc(NC(=O)OCC2c3ccccc3-c3ccccc32)cc1. The van der Waals surface area contributed by atoms with E-state index in [0.717, 1.165) is 12.0 Å². The Hall–Kier alpha value is -2.82. The molecule has 1 amide bonds. The third-order valence-corrected chi connectivity index (χ3v) is 4.98. The molecule has 0 aromatic heterocycles. The van der Waals surface area contributed by atoms with Crippen molar-refractivity contribution >= 4 is 24.2 Å². The Balaban J connectivity index is 0.00000225. The molecule has 0 heterocycles. The van der Waals surface area contributed by atoms with Gasteiger partial charge in [0.25, 0.3) is 0 Å². The summed E-state index contributed by atoms with van der Waals surface area (Å²) in [6.07, 6.45) is 0.383. The second-order valence-electron chi connectivity index (χ2n) is 6.69. The predicted octanol–water partition coefficient (Wildman–Crippen LogP) is 4.97. The van der Waals surface area contributed by atoms with Crippen molar-refractivity contribution in [3.63, 3.8) is 0 Å². The van der Waals surface area contributed by atoms with Crippen LogP contribution in [0.2, 0.25) is 0 Å². The Labute approximate surface area is 171 Å². The second kappa shape index (κ2) is 8.91. The van der Waals surface area contributed by atoms with Crippen LogP contribution in [-0.2, 0) is 11.2 Å². The summed E-state index contributed by atoms with van der Waals surface area (Å²) in [5, 5.41) is 2.79. The first kappa shape index (κ1) is 19.9. The van der Waals surface area contributed by atoms with Crippen molar-refractivity contribution in [2.24, 2.45) is 5.73 Å². The summed E-state index contributed by atoms with van der Waals surface area (Å²) >= 11 is 0. The summed E-state index contributed by atoms with van der Waals surface area (Å²) in [6, 6.07) is 24.3. The van der Waals surface area contributed by atoms with Gasteiger partial charge in [0.2, 0.25) is 0 Å². The number of halogens is 1. The molecule has 0 saturated carbocycles. The van der Waals surface area contributed by atoms with E-state index in [9.17, 15) is 4.79 Å². The molecule has 144 valence electrons. The monoisotopic (exact) mass is 394 g/mol. The number of anilines is 1. The molecule has 1 aliphatic carbocycles. The van der Waals surface area contributed by atoms with Crippen LogP contribution in [-0.4, -0.2) is 19.2 Å². The van der Waals surface area contributed by atoms with Crippen molar-refractivity contribution < 1.29 is 9.53 Å². The maximum absolute atomic E-state index is 12.3. The molecule has 0 unspecified atom stereocenters. The fourth-order valence-electron chi connectivity index (χ4n) is 3.67. The highest BCUT2D eigenvalue weighted by Crippen LogP contribution is 2.44. The minimum Gasteiger partial charge on any atom is -0.448 e. The molecule has 0 bridgehead atoms. The van der Waals surface area contributed by atoms with E-state index in [0.29, 0.717) is 18.8 Å². The number of carbonyl (C=O) groups excluding carboxylic acids is 1. The average Bonchev–Trinajstić information content (AvgIpc) is 3.02. The van der Waals surface area contributed by atoms with E-state index in [-0.39, 0.29) is 18.3 Å². The van der Waals surface area contributed by atoms with Crippen LogP contribution in [0, 0.1) is 0 Å². The molecule has 5 heteroatoms. The van der Waals surface area contributed by atoms with Crippen LogP contribution in [0.1, 0.15) is 22.6 Å². The number of nitrogens with two attached hydrogens (primary N) is 1. The van der Waals surface area contributed by atoms with E-state index >= 15 is 0 Å². The third-order valence-electron chi connectivity index (χ3n) is 4.98. The normalized spacial score (nSPS) is 11.9. The van der Waals surface area contributed by atoms with E-state index in [1.165, 1.54) is 22.3 Å². The van der Waals surface area contributed by atoms with Crippen LogP contribution < -0.4 is 11.1 Å². The molecule has 0 atom stereocenters. The number of rotatable bonds is 5. The van der Waals surface area contributed by atoms with Gasteiger partial charge in [-0.15, -0.1) is 12.4 Å². The van der Waals surface area contributed by atoms with Crippen molar-refractivity contribution in [1.29, 1.82) is 0 Å². The number of benzene rings is 3. The van der Waals surface area contributed by atoms with E-state index < -0.39 is 6.09 Å². The Morgan fingerprint density at radius 3 is 2.04 bits per heavy atom. The molecule has 0 spiro atoms. The Morgan fingerprint density at radius 2 is 1.46 bits per heavy atom. The number of amides is 1. The lowest BCUT2D eigenvalue weighted by molar-refractivity contribution is 0.158. The summed E-state index contributed by atoms with van der Waals surface area (Å²) in [5.41, 5.74) is 12.3. The number of hydrogen-bond acceptors (Lipinski definition) is 3. The third kappa shape index (κ3) is 4.03. The summed E-state index contributed by atoms with van der Waals surface area (Å²) < 4.78 is 5.55. The first-order valence-corrected chi connectivity index (χ1v) is 9.17. The van der Waals surface area contributed by atoms with Crippen molar-refractivity contribution in [3.8, 4) is 11.1 Å². The Bertz CT molecular complexity index is 911. The molecule has 4 rings (SSSR count). The van der Waals surface area contributed by atoms with Crippen LogP contribution >= 0.6 is 12.4 Å². The molecule has 4 nitrogen and oxygen atoms in total. The lowest BCUT2D eigenvalue weighted by Gasteiger charge is -2.14. The summed E-state index contributed by atoms with van der Waals surface area (Å²) in [7, 11) is 0. The van der Waals surface area contributed by atoms with Gasteiger partial charge in [0.1, 0.15) is 6.61 Å². The standard InChI is InChI=1S/C23H22N2O2.ClH/c24-14-13-16-9-11-17(12-10-16)25-23(26)27-15-22-20-7-3-1-5-18(20)19-6-2-4-8-21(19)22;/h1-12,22H,13-15,24H2,(H,25,26);1H. The molecule has 0 aliphatic heterocycles. The lowest BCUT2D eigenvalue weighted by Crippen LogP contribution is -2.17. The van der Waals surface area contributed by atoms with Crippen molar-refractivity contribution in [2.75, 3.05) is 18.5 Å². The minimum absolute atomic E-state index is 0. The smallest absolute Gasteiger partial charge is 0.411 e. The summed E-state index contributed by atoms with van der Waals surface area (Å²) in [6.45, 7) is 0.921. The Kier molecular flexibility index (Phi) is 6.34. The molecule has 0 fully saturated rings. The van der Waals surface area contributed by atoms with Gasteiger partial charge in [-0.05, 0) is 52.9 Å². The molecular weight excluding hydrogens is 372 g/mol. The van der Waals surface area contributed by atoms with Crippen LogP contribution in [0.25, 0.3) is 11.1 Å². The highest BCUT2D eigenvalue weighted by atomic mass is 35.5. The fraction of sp³-hybridized carbons (Fsp3) is 0.174. The zero-order valence-electron chi connectivity index (χ0n) is 15.4. The van der Waals surface area contributed by atoms with Gasteiger partial charge in [-0.1, -0.05) is 60.7 Å². The molecule has 0 saturated heterocycles. The van der Waals surface area contributed by atoms with Gasteiger partial charge < -0.3 is 10.5 Å². The lowest BCUT2D eigenvalue weighted by atomic mass is 9.98. The molecular formula is C23H23ClN2O2.